The smallest absolute Gasteiger partial charge is 0.257 e. The number of fused-ring (bicyclic) bond motifs is 2. The zero-order chi connectivity index (χ0) is 23.9. The average Bonchev–Trinajstić information content (AvgIpc) is 3.13. The molecule has 0 spiro atoms. The van der Waals surface area contributed by atoms with Gasteiger partial charge in [-0.2, -0.15) is 0 Å². The summed E-state index contributed by atoms with van der Waals surface area (Å²) in [6.45, 7) is 3.41. The molecule has 4 rings (SSSR count). The topological polar surface area (TPSA) is 95.1 Å². The second-order valence-corrected chi connectivity index (χ2v) is 8.56. The number of hydrogen-bond acceptors (Lipinski definition) is 5. The molecular weight excluding hydrogens is 426 g/mol. The van der Waals surface area contributed by atoms with E-state index in [0.717, 1.165) is 41.6 Å². The number of benzene rings is 2. The minimum absolute atomic E-state index is 0.189. The molecule has 0 unspecified atom stereocenters. The van der Waals surface area contributed by atoms with Crippen LogP contribution in [0.5, 0.6) is 5.75 Å². The van der Waals surface area contributed by atoms with Gasteiger partial charge in [0.2, 0.25) is 0 Å². The summed E-state index contributed by atoms with van der Waals surface area (Å²) in [5, 5.41) is 3.04. The second-order valence-electron chi connectivity index (χ2n) is 8.56. The molecule has 0 atom stereocenters. The lowest BCUT2D eigenvalue weighted by Crippen LogP contribution is -2.25. The SMILES string of the molecule is CCCCCCCNC(=O)c1c(N)n(CCc2ccc(OC)cc2)c2nc3ccccc3nc12. The molecule has 3 N–H and O–H groups in total. The van der Waals surface area contributed by atoms with Crippen molar-refractivity contribution in [1.29, 1.82) is 0 Å². The van der Waals surface area contributed by atoms with Gasteiger partial charge in [-0.3, -0.25) is 4.79 Å². The van der Waals surface area contributed by atoms with Gasteiger partial charge in [0.1, 0.15) is 22.6 Å². The Morgan fingerprint density at radius 2 is 1.71 bits per heavy atom. The second kappa shape index (κ2) is 11.0. The Labute approximate surface area is 200 Å². The van der Waals surface area contributed by atoms with Gasteiger partial charge in [0, 0.05) is 13.1 Å². The molecule has 2 aromatic carbocycles. The number of carbonyl (C=O) groups excluding carboxylic acids is 1. The minimum Gasteiger partial charge on any atom is -0.497 e. The number of aromatic nitrogens is 3. The molecule has 0 radical (unpaired) electrons. The number of aryl methyl sites for hydroxylation is 2. The van der Waals surface area contributed by atoms with Crippen LogP contribution in [0.3, 0.4) is 0 Å². The van der Waals surface area contributed by atoms with Crippen LogP contribution in [-0.4, -0.2) is 34.1 Å². The van der Waals surface area contributed by atoms with Crippen LogP contribution >= 0.6 is 0 Å². The number of methoxy groups -OCH3 is 1. The van der Waals surface area contributed by atoms with E-state index in [1.807, 2.05) is 53.1 Å². The molecule has 7 nitrogen and oxygen atoms in total. The van der Waals surface area contributed by atoms with Crippen LogP contribution in [0.2, 0.25) is 0 Å². The minimum atomic E-state index is -0.189. The van der Waals surface area contributed by atoms with Crippen LogP contribution in [-0.2, 0) is 13.0 Å². The summed E-state index contributed by atoms with van der Waals surface area (Å²) < 4.78 is 7.16. The molecule has 0 saturated carbocycles. The van der Waals surface area contributed by atoms with Crippen LogP contribution in [0, 0.1) is 0 Å². The van der Waals surface area contributed by atoms with Crippen molar-refractivity contribution in [3.8, 4) is 5.75 Å². The van der Waals surface area contributed by atoms with E-state index in [4.69, 9.17) is 20.4 Å². The highest BCUT2D eigenvalue weighted by Gasteiger charge is 2.23. The van der Waals surface area contributed by atoms with Crippen LogP contribution in [0.15, 0.2) is 48.5 Å². The fraction of sp³-hybridized carbons (Fsp3) is 0.370. The lowest BCUT2D eigenvalue weighted by Gasteiger charge is -2.09. The van der Waals surface area contributed by atoms with Gasteiger partial charge >= 0.3 is 0 Å². The highest BCUT2D eigenvalue weighted by atomic mass is 16.5. The van der Waals surface area contributed by atoms with Crippen molar-refractivity contribution in [2.75, 3.05) is 19.4 Å². The number of para-hydroxylation sites is 2. The number of nitrogen functional groups attached to an aromatic ring is 1. The number of hydrogen-bond donors (Lipinski definition) is 2. The molecule has 2 aromatic heterocycles. The lowest BCUT2D eigenvalue weighted by molar-refractivity contribution is 0.0955. The Kier molecular flexibility index (Phi) is 7.62. The first-order valence-electron chi connectivity index (χ1n) is 12.1. The largest absolute Gasteiger partial charge is 0.497 e. The zero-order valence-electron chi connectivity index (χ0n) is 20.0. The number of carbonyl (C=O) groups is 1. The number of ether oxygens (including phenoxy) is 1. The molecule has 2 heterocycles. The van der Waals surface area contributed by atoms with E-state index in [1.54, 1.807) is 7.11 Å². The molecule has 0 saturated heterocycles. The lowest BCUT2D eigenvalue weighted by atomic mass is 10.1. The van der Waals surface area contributed by atoms with Crippen molar-refractivity contribution < 1.29 is 9.53 Å². The average molecular weight is 460 g/mol. The first-order chi connectivity index (χ1) is 16.6. The number of rotatable bonds is 11. The number of anilines is 1. The van der Waals surface area contributed by atoms with Gasteiger partial charge in [0.15, 0.2) is 5.65 Å². The van der Waals surface area contributed by atoms with Crippen molar-refractivity contribution in [2.45, 2.75) is 52.0 Å². The molecule has 0 bridgehead atoms. The van der Waals surface area contributed by atoms with Gasteiger partial charge in [-0.25, -0.2) is 9.97 Å². The molecule has 178 valence electrons. The Balaban J connectivity index is 1.62. The number of unbranched alkanes of at least 4 members (excludes halogenated alkanes) is 4. The van der Waals surface area contributed by atoms with Crippen LogP contribution in [0.25, 0.3) is 22.2 Å². The monoisotopic (exact) mass is 459 g/mol. The van der Waals surface area contributed by atoms with E-state index in [1.165, 1.54) is 19.3 Å². The normalized spacial score (nSPS) is 11.2. The van der Waals surface area contributed by atoms with E-state index >= 15 is 0 Å². The number of nitrogens with one attached hydrogen (secondary N) is 1. The van der Waals surface area contributed by atoms with Crippen molar-refractivity contribution in [3.05, 3.63) is 59.7 Å². The molecule has 7 heteroatoms. The predicted molar refractivity (Wildman–Crippen MR) is 137 cm³/mol. The summed E-state index contributed by atoms with van der Waals surface area (Å²) in [5.41, 5.74) is 10.8. The van der Waals surface area contributed by atoms with E-state index in [9.17, 15) is 4.79 Å². The van der Waals surface area contributed by atoms with E-state index in [-0.39, 0.29) is 5.91 Å². The third-order valence-corrected chi connectivity index (χ3v) is 6.17. The Hall–Kier alpha value is -3.61. The van der Waals surface area contributed by atoms with E-state index in [0.29, 0.717) is 35.6 Å². The Bertz CT molecular complexity index is 1260. The molecule has 4 aromatic rings. The molecule has 0 aliphatic heterocycles. The molecule has 1 amide bonds. The fourth-order valence-electron chi connectivity index (χ4n) is 4.22. The third-order valence-electron chi connectivity index (χ3n) is 6.17. The van der Waals surface area contributed by atoms with Gasteiger partial charge in [-0.15, -0.1) is 0 Å². The maximum Gasteiger partial charge on any atom is 0.257 e. The molecule has 0 fully saturated rings. The first kappa shape index (κ1) is 23.5. The summed E-state index contributed by atoms with van der Waals surface area (Å²) in [7, 11) is 1.66. The van der Waals surface area contributed by atoms with Crippen LogP contribution in [0.4, 0.5) is 5.82 Å². The van der Waals surface area contributed by atoms with Gasteiger partial charge < -0.3 is 20.4 Å². The molecule has 0 aliphatic carbocycles. The summed E-state index contributed by atoms with van der Waals surface area (Å²) in [6.07, 6.45) is 6.42. The maximum atomic E-state index is 13.2. The van der Waals surface area contributed by atoms with Crippen molar-refractivity contribution in [1.82, 2.24) is 19.9 Å². The van der Waals surface area contributed by atoms with Gasteiger partial charge in [0.25, 0.3) is 5.91 Å². The third kappa shape index (κ3) is 5.14. The number of amides is 1. The van der Waals surface area contributed by atoms with Crippen molar-refractivity contribution >= 4 is 33.9 Å². The number of nitrogens with zero attached hydrogens (tertiary/aromatic N) is 3. The van der Waals surface area contributed by atoms with Crippen molar-refractivity contribution in [2.24, 2.45) is 0 Å². The molecular formula is C27H33N5O2. The molecule has 34 heavy (non-hydrogen) atoms. The highest BCUT2D eigenvalue weighted by Crippen LogP contribution is 2.28. The van der Waals surface area contributed by atoms with E-state index < -0.39 is 0 Å². The maximum absolute atomic E-state index is 13.2. The quantitative estimate of drug-likeness (QED) is 0.304. The Morgan fingerprint density at radius 1 is 1.00 bits per heavy atom. The van der Waals surface area contributed by atoms with Gasteiger partial charge in [0.05, 0.1) is 18.1 Å². The predicted octanol–water partition coefficient (Wildman–Crippen LogP) is 5.12. The van der Waals surface area contributed by atoms with Crippen LogP contribution in [0.1, 0.15) is 54.9 Å². The summed E-state index contributed by atoms with van der Waals surface area (Å²) in [5.74, 6) is 1.04. The van der Waals surface area contributed by atoms with Crippen molar-refractivity contribution in [3.63, 3.8) is 0 Å². The Morgan fingerprint density at radius 3 is 2.41 bits per heavy atom. The first-order valence-corrected chi connectivity index (χ1v) is 12.1. The zero-order valence-corrected chi connectivity index (χ0v) is 20.0. The highest BCUT2D eigenvalue weighted by molar-refractivity contribution is 6.10. The standard InChI is InChI=1S/C27H33N5O2/c1-3-4-5-6-9-17-29-27(33)23-24-26(31-22-11-8-7-10-21(22)30-24)32(25(23)28)18-16-19-12-14-20(34-2)15-13-19/h7-8,10-15H,3-6,9,16-18,28H2,1-2H3,(H,29,33). The summed E-state index contributed by atoms with van der Waals surface area (Å²) in [6, 6.07) is 15.6. The molecule has 0 aliphatic rings. The van der Waals surface area contributed by atoms with Crippen LogP contribution < -0.4 is 15.8 Å². The summed E-state index contributed by atoms with van der Waals surface area (Å²) in [4.78, 5) is 22.8. The number of nitrogens with two attached hydrogens (primary N) is 1. The van der Waals surface area contributed by atoms with Gasteiger partial charge in [-0.1, -0.05) is 56.9 Å². The van der Waals surface area contributed by atoms with Gasteiger partial charge in [-0.05, 0) is 42.7 Å². The fourth-order valence-corrected chi connectivity index (χ4v) is 4.22. The van der Waals surface area contributed by atoms with E-state index in [2.05, 4.69) is 12.2 Å². The summed E-state index contributed by atoms with van der Waals surface area (Å²) >= 11 is 0.